The van der Waals surface area contributed by atoms with Gasteiger partial charge >= 0.3 is 0 Å². The Morgan fingerprint density at radius 3 is 2.81 bits per heavy atom. The fraction of sp³-hybridized carbons (Fsp3) is 0.409. The average molecular weight is 364 g/mol. The number of aliphatic imine (C=N–C) groups is 1. The molecule has 0 aliphatic heterocycles. The van der Waals surface area contributed by atoms with Gasteiger partial charge in [0.2, 0.25) is 0 Å². The zero-order chi connectivity index (χ0) is 19.1. The Morgan fingerprint density at radius 2 is 2.11 bits per heavy atom. The van der Waals surface area contributed by atoms with Crippen molar-refractivity contribution in [2.24, 2.45) is 10.7 Å². The number of nitrogens with zero attached hydrogens (tertiary/aromatic N) is 3. The summed E-state index contributed by atoms with van der Waals surface area (Å²) in [5.41, 5.74) is 11.6. The van der Waals surface area contributed by atoms with Gasteiger partial charge in [-0.15, -0.1) is 0 Å². The molecule has 142 valence electrons. The lowest BCUT2D eigenvalue weighted by molar-refractivity contribution is 0.754. The van der Waals surface area contributed by atoms with Gasteiger partial charge in [0.1, 0.15) is 0 Å². The van der Waals surface area contributed by atoms with E-state index in [1.807, 2.05) is 18.3 Å². The highest BCUT2D eigenvalue weighted by molar-refractivity contribution is 6.10. The van der Waals surface area contributed by atoms with Gasteiger partial charge in [-0.25, -0.2) is 0 Å². The number of hydrogen-bond donors (Lipinski definition) is 2. The van der Waals surface area contributed by atoms with Crippen LogP contribution in [-0.4, -0.2) is 22.2 Å². The minimum atomic E-state index is 0.576. The van der Waals surface area contributed by atoms with E-state index in [-0.39, 0.29) is 0 Å². The molecule has 1 saturated carbocycles. The maximum atomic E-state index is 5.86. The largest absolute Gasteiger partial charge is 0.404 e. The quantitative estimate of drug-likeness (QED) is 0.693. The van der Waals surface area contributed by atoms with E-state index in [2.05, 4.69) is 40.2 Å². The smallest absolute Gasteiger partial charge is 0.0762 e. The molecule has 5 nitrogen and oxygen atoms in total. The third kappa shape index (κ3) is 5.16. The minimum absolute atomic E-state index is 0.576. The summed E-state index contributed by atoms with van der Waals surface area (Å²) in [6.45, 7) is 4.21. The molecule has 5 heteroatoms. The van der Waals surface area contributed by atoms with Gasteiger partial charge in [-0.3, -0.25) is 15.0 Å². The Kier molecular flexibility index (Phi) is 6.58. The van der Waals surface area contributed by atoms with Gasteiger partial charge in [0, 0.05) is 35.9 Å². The lowest BCUT2D eigenvalue weighted by atomic mass is 10.1. The number of aromatic nitrogens is 2. The van der Waals surface area contributed by atoms with Crippen molar-refractivity contribution in [2.75, 3.05) is 5.32 Å². The second kappa shape index (κ2) is 9.31. The molecule has 0 saturated heterocycles. The van der Waals surface area contributed by atoms with E-state index < -0.39 is 0 Å². The Morgan fingerprint density at radius 1 is 1.30 bits per heavy atom. The molecule has 0 spiro atoms. The monoisotopic (exact) mass is 363 g/mol. The van der Waals surface area contributed by atoms with Gasteiger partial charge in [-0.1, -0.05) is 26.2 Å². The van der Waals surface area contributed by atoms with Crippen LogP contribution in [-0.2, 0) is 6.42 Å². The Labute approximate surface area is 161 Å². The van der Waals surface area contributed by atoms with Crippen molar-refractivity contribution in [2.45, 2.75) is 58.4 Å². The van der Waals surface area contributed by atoms with E-state index in [0.717, 1.165) is 46.7 Å². The first-order valence-electron chi connectivity index (χ1n) is 9.84. The van der Waals surface area contributed by atoms with Gasteiger partial charge in [-0.2, -0.15) is 0 Å². The summed E-state index contributed by atoms with van der Waals surface area (Å²) < 4.78 is 0. The van der Waals surface area contributed by atoms with E-state index in [4.69, 9.17) is 5.73 Å². The number of anilines is 1. The first-order chi connectivity index (χ1) is 13.2. The summed E-state index contributed by atoms with van der Waals surface area (Å²) in [5, 5.41) is 3.59. The normalized spacial score (nSPS) is 15.6. The molecule has 0 bridgehead atoms. The fourth-order valence-electron chi connectivity index (χ4n) is 3.53. The molecule has 3 N–H and O–H groups in total. The van der Waals surface area contributed by atoms with E-state index in [0.29, 0.717) is 6.04 Å². The van der Waals surface area contributed by atoms with Crippen LogP contribution in [0.15, 0.2) is 41.8 Å². The molecule has 27 heavy (non-hydrogen) atoms. The average Bonchev–Trinajstić information content (AvgIpc) is 3.17. The van der Waals surface area contributed by atoms with Crippen LogP contribution in [0.25, 0.3) is 5.57 Å². The lowest BCUT2D eigenvalue weighted by Crippen LogP contribution is -2.15. The van der Waals surface area contributed by atoms with E-state index >= 15 is 0 Å². The van der Waals surface area contributed by atoms with Crippen molar-refractivity contribution >= 4 is 23.2 Å². The van der Waals surface area contributed by atoms with Crippen LogP contribution in [0.5, 0.6) is 0 Å². The Hall–Kier alpha value is -2.69. The SMILES string of the molecule is CCCc1cc(N=C/C(=C\N)c2ncc(NC3CCCC3)cc2C)ccn1. The highest BCUT2D eigenvalue weighted by Crippen LogP contribution is 2.24. The van der Waals surface area contributed by atoms with E-state index in [1.165, 1.54) is 25.7 Å². The van der Waals surface area contributed by atoms with Crippen LogP contribution in [0.3, 0.4) is 0 Å². The molecule has 0 unspecified atom stereocenters. The molecule has 2 heterocycles. The number of pyridine rings is 2. The topological polar surface area (TPSA) is 76.2 Å². The van der Waals surface area contributed by atoms with Gasteiger partial charge in [0.15, 0.2) is 0 Å². The van der Waals surface area contributed by atoms with Crippen LogP contribution in [0.2, 0.25) is 0 Å². The number of rotatable bonds is 7. The second-order valence-electron chi connectivity index (χ2n) is 7.15. The van der Waals surface area contributed by atoms with Crippen LogP contribution in [0.1, 0.15) is 56.0 Å². The minimum Gasteiger partial charge on any atom is -0.404 e. The van der Waals surface area contributed by atoms with Crippen LogP contribution >= 0.6 is 0 Å². The zero-order valence-corrected chi connectivity index (χ0v) is 16.3. The number of hydrogen-bond acceptors (Lipinski definition) is 5. The molecular formula is C22H29N5. The number of aryl methyl sites for hydroxylation is 2. The summed E-state index contributed by atoms with van der Waals surface area (Å²) in [5.74, 6) is 0. The molecule has 1 aliphatic rings. The number of allylic oxidation sites excluding steroid dienone is 1. The molecular weight excluding hydrogens is 334 g/mol. The standard InChI is InChI=1S/C22H29N5/c1-3-6-19-12-20(9-10-24-19)25-14-17(13-23)22-16(2)11-21(15-26-22)27-18-7-4-5-8-18/h9-15,18,27H,3-8,23H2,1-2H3/b17-13+,25-14?. The van der Waals surface area contributed by atoms with Crippen molar-refractivity contribution in [3.8, 4) is 0 Å². The summed E-state index contributed by atoms with van der Waals surface area (Å²) >= 11 is 0. The summed E-state index contributed by atoms with van der Waals surface area (Å²) in [7, 11) is 0. The van der Waals surface area contributed by atoms with Gasteiger partial charge < -0.3 is 11.1 Å². The van der Waals surface area contributed by atoms with E-state index in [9.17, 15) is 0 Å². The van der Waals surface area contributed by atoms with Crippen molar-refractivity contribution in [1.29, 1.82) is 0 Å². The fourth-order valence-corrected chi connectivity index (χ4v) is 3.53. The molecule has 0 aromatic carbocycles. The first-order valence-corrected chi connectivity index (χ1v) is 9.84. The maximum Gasteiger partial charge on any atom is 0.0762 e. The zero-order valence-electron chi connectivity index (χ0n) is 16.3. The molecule has 1 fully saturated rings. The molecule has 2 aromatic heterocycles. The predicted octanol–water partition coefficient (Wildman–Crippen LogP) is 4.79. The first kappa shape index (κ1) is 19.1. The second-order valence-corrected chi connectivity index (χ2v) is 7.15. The van der Waals surface area contributed by atoms with E-state index in [1.54, 1.807) is 18.6 Å². The van der Waals surface area contributed by atoms with Gasteiger partial charge in [0.05, 0.1) is 23.3 Å². The van der Waals surface area contributed by atoms with Crippen LogP contribution in [0.4, 0.5) is 11.4 Å². The highest BCUT2D eigenvalue weighted by Gasteiger charge is 2.15. The number of nitrogens with one attached hydrogen (secondary N) is 1. The third-order valence-corrected chi connectivity index (χ3v) is 4.92. The number of nitrogens with two attached hydrogens (primary N) is 1. The van der Waals surface area contributed by atoms with Crippen LogP contribution < -0.4 is 11.1 Å². The van der Waals surface area contributed by atoms with Crippen LogP contribution in [0, 0.1) is 6.92 Å². The molecule has 3 rings (SSSR count). The van der Waals surface area contributed by atoms with Crippen molar-refractivity contribution in [3.63, 3.8) is 0 Å². The molecule has 2 aromatic rings. The highest BCUT2D eigenvalue weighted by atomic mass is 14.9. The predicted molar refractivity (Wildman–Crippen MR) is 113 cm³/mol. The Balaban J connectivity index is 1.74. The van der Waals surface area contributed by atoms with Gasteiger partial charge in [0.25, 0.3) is 0 Å². The van der Waals surface area contributed by atoms with Crippen molar-refractivity contribution in [3.05, 3.63) is 53.7 Å². The van der Waals surface area contributed by atoms with Crippen molar-refractivity contribution in [1.82, 2.24) is 9.97 Å². The van der Waals surface area contributed by atoms with Gasteiger partial charge in [-0.05, 0) is 49.9 Å². The van der Waals surface area contributed by atoms with Crippen molar-refractivity contribution < 1.29 is 0 Å². The lowest BCUT2D eigenvalue weighted by Gasteiger charge is -2.15. The third-order valence-electron chi connectivity index (χ3n) is 4.92. The molecule has 0 atom stereocenters. The maximum absolute atomic E-state index is 5.86. The summed E-state index contributed by atoms with van der Waals surface area (Å²) in [4.78, 5) is 13.6. The molecule has 0 radical (unpaired) electrons. The molecule has 1 aliphatic carbocycles. The summed E-state index contributed by atoms with van der Waals surface area (Å²) in [6, 6.07) is 6.64. The Bertz CT molecular complexity index is 819. The molecule has 0 amide bonds. The summed E-state index contributed by atoms with van der Waals surface area (Å²) in [6.07, 6.45) is 14.2.